The number of nitrogens with zero attached hydrogens (tertiary/aromatic N) is 1. The summed E-state index contributed by atoms with van der Waals surface area (Å²) < 4.78 is 31.6. The SMILES string of the molecule is C=CCN(CCC)S(=O)(=O)c1ccc(C(=O)O)cc1OC. The fraction of sp³-hybridized carbons (Fsp3) is 0.357. The molecule has 1 N–H and O–H groups in total. The normalized spacial score (nSPS) is 11.4. The summed E-state index contributed by atoms with van der Waals surface area (Å²) in [6.45, 7) is 5.95. The molecule has 0 aliphatic rings. The van der Waals surface area contributed by atoms with E-state index < -0.39 is 16.0 Å². The lowest BCUT2D eigenvalue weighted by molar-refractivity contribution is 0.0696. The van der Waals surface area contributed by atoms with Crippen LogP contribution in [0.3, 0.4) is 0 Å². The third-order valence-electron chi connectivity index (χ3n) is 2.83. The lowest BCUT2D eigenvalue weighted by atomic mass is 10.2. The second-order valence-electron chi connectivity index (χ2n) is 4.32. The first-order valence-electron chi connectivity index (χ1n) is 6.40. The zero-order valence-electron chi connectivity index (χ0n) is 12.1. The van der Waals surface area contributed by atoms with Crippen LogP contribution in [0.1, 0.15) is 23.7 Å². The molecule has 0 saturated heterocycles. The van der Waals surface area contributed by atoms with Gasteiger partial charge in [0, 0.05) is 13.1 Å². The number of aromatic carboxylic acids is 1. The summed E-state index contributed by atoms with van der Waals surface area (Å²) in [5.41, 5.74) is -0.0310. The minimum Gasteiger partial charge on any atom is -0.495 e. The van der Waals surface area contributed by atoms with Crippen LogP contribution in [-0.4, -0.2) is 44.0 Å². The van der Waals surface area contributed by atoms with Gasteiger partial charge in [0.05, 0.1) is 12.7 Å². The summed E-state index contributed by atoms with van der Waals surface area (Å²) in [6.07, 6.45) is 2.16. The summed E-state index contributed by atoms with van der Waals surface area (Å²) in [4.78, 5) is 10.9. The Morgan fingerprint density at radius 1 is 1.48 bits per heavy atom. The smallest absolute Gasteiger partial charge is 0.335 e. The van der Waals surface area contributed by atoms with Gasteiger partial charge in [-0.3, -0.25) is 0 Å². The third-order valence-corrected chi connectivity index (χ3v) is 4.74. The molecule has 0 amide bonds. The van der Waals surface area contributed by atoms with Gasteiger partial charge in [-0.05, 0) is 24.6 Å². The lowest BCUT2D eigenvalue weighted by Crippen LogP contribution is -2.32. The molecule has 0 heterocycles. The average Bonchev–Trinajstić information content (AvgIpc) is 2.46. The molecule has 0 aliphatic heterocycles. The van der Waals surface area contributed by atoms with E-state index in [0.717, 1.165) is 0 Å². The Labute approximate surface area is 124 Å². The summed E-state index contributed by atoms with van der Waals surface area (Å²) in [5, 5.41) is 8.95. The molecule has 0 radical (unpaired) electrons. The molecule has 1 aromatic rings. The van der Waals surface area contributed by atoms with Crippen molar-refractivity contribution in [3.63, 3.8) is 0 Å². The number of ether oxygens (including phenoxy) is 1. The van der Waals surface area contributed by atoms with Crippen LogP contribution in [0.25, 0.3) is 0 Å². The van der Waals surface area contributed by atoms with Gasteiger partial charge in [-0.2, -0.15) is 4.31 Å². The van der Waals surface area contributed by atoms with E-state index in [1.165, 1.54) is 35.7 Å². The molecule has 0 bridgehead atoms. The molecule has 0 unspecified atom stereocenters. The summed E-state index contributed by atoms with van der Waals surface area (Å²) in [7, 11) is -2.46. The molecule has 0 saturated carbocycles. The van der Waals surface area contributed by atoms with Crippen molar-refractivity contribution in [1.29, 1.82) is 0 Å². The summed E-state index contributed by atoms with van der Waals surface area (Å²) in [6, 6.07) is 3.70. The summed E-state index contributed by atoms with van der Waals surface area (Å²) in [5.74, 6) is -1.13. The van der Waals surface area contributed by atoms with Crippen molar-refractivity contribution >= 4 is 16.0 Å². The topological polar surface area (TPSA) is 83.9 Å². The largest absolute Gasteiger partial charge is 0.495 e. The predicted molar refractivity (Wildman–Crippen MR) is 79.2 cm³/mol. The monoisotopic (exact) mass is 313 g/mol. The predicted octanol–water partition coefficient (Wildman–Crippen LogP) is 1.98. The molecule has 0 fully saturated rings. The number of carboxylic acids is 1. The first kappa shape index (κ1) is 17.2. The van der Waals surface area contributed by atoms with Crippen LogP contribution < -0.4 is 4.74 Å². The number of carboxylic acid groups (broad SMARTS) is 1. The van der Waals surface area contributed by atoms with Crippen LogP contribution in [0.4, 0.5) is 0 Å². The Morgan fingerprint density at radius 3 is 2.62 bits per heavy atom. The van der Waals surface area contributed by atoms with Crippen molar-refractivity contribution < 1.29 is 23.1 Å². The van der Waals surface area contributed by atoms with Crippen molar-refractivity contribution in [1.82, 2.24) is 4.31 Å². The van der Waals surface area contributed by atoms with E-state index in [0.29, 0.717) is 13.0 Å². The molecule has 0 aliphatic carbocycles. The number of rotatable bonds is 8. The molecule has 7 heteroatoms. The fourth-order valence-electron chi connectivity index (χ4n) is 1.86. The Hall–Kier alpha value is -1.86. The third kappa shape index (κ3) is 3.83. The molecule has 0 atom stereocenters. The maximum Gasteiger partial charge on any atom is 0.335 e. The van der Waals surface area contributed by atoms with Gasteiger partial charge in [0.15, 0.2) is 0 Å². The second-order valence-corrected chi connectivity index (χ2v) is 6.23. The molecule has 0 spiro atoms. The van der Waals surface area contributed by atoms with E-state index in [1.54, 1.807) is 0 Å². The maximum atomic E-state index is 12.6. The van der Waals surface area contributed by atoms with Crippen LogP contribution in [0, 0.1) is 0 Å². The van der Waals surface area contributed by atoms with Gasteiger partial charge >= 0.3 is 5.97 Å². The highest BCUT2D eigenvalue weighted by Crippen LogP contribution is 2.28. The number of sulfonamides is 1. The number of hydrogen-bond donors (Lipinski definition) is 1. The Kier molecular flexibility index (Phi) is 5.92. The number of methoxy groups -OCH3 is 1. The van der Waals surface area contributed by atoms with E-state index in [-0.39, 0.29) is 22.8 Å². The van der Waals surface area contributed by atoms with E-state index in [9.17, 15) is 13.2 Å². The van der Waals surface area contributed by atoms with Gasteiger partial charge in [0.25, 0.3) is 0 Å². The Morgan fingerprint density at radius 2 is 2.14 bits per heavy atom. The first-order chi connectivity index (χ1) is 9.88. The number of benzene rings is 1. The maximum absolute atomic E-state index is 12.6. The molecule has 21 heavy (non-hydrogen) atoms. The molecular weight excluding hydrogens is 294 g/mol. The molecule has 6 nitrogen and oxygen atoms in total. The van der Waals surface area contributed by atoms with E-state index in [2.05, 4.69) is 6.58 Å². The van der Waals surface area contributed by atoms with Crippen molar-refractivity contribution in [3.8, 4) is 5.75 Å². The lowest BCUT2D eigenvalue weighted by Gasteiger charge is -2.21. The van der Waals surface area contributed by atoms with Crippen molar-refractivity contribution in [2.24, 2.45) is 0 Å². The van der Waals surface area contributed by atoms with Crippen molar-refractivity contribution in [2.45, 2.75) is 18.2 Å². The van der Waals surface area contributed by atoms with Crippen LogP contribution in [0.15, 0.2) is 35.7 Å². The van der Waals surface area contributed by atoms with Gasteiger partial charge in [0.2, 0.25) is 10.0 Å². The average molecular weight is 313 g/mol. The highest BCUT2D eigenvalue weighted by molar-refractivity contribution is 7.89. The van der Waals surface area contributed by atoms with Gasteiger partial charge < -0.3 is 9.84 Å². The number of hydrogen-bond acceptors (Lipinski definition) is 4. The standard InChI is InChI=1S/C14H19NO5S/c1-4-8-15(9-5-2)21(18,19)13-7-6-11(14(16)17)10-12(13)20-3/h4,6-7,10H,1,5,8-9H2,2-3H3,(H,16,17). The quantitative estimate of drug-likeness (QED) is 0.742. The van der Waals surface area contributed by atoms with Crippen LogP contribution in [0.5, 0.6) is 5.75 Å². The van der Waals surface area contributed by atoms with Gasteiger partial charge in [-0.1, -0.05) is 13.0 Å². The van der Waals surface area contributed by atoms with Crippen LogP contribution in [0.2, 0.25) is 0 Å². The first-order valence-corrected chi connectivity index (χ1v) is 7.84. The zero-order valence-corrected chi connectivity index (χ0v) is 12.9. The summed E-state index contributed by atoms with van der Waals surface area (Å²) >= 11 is 0. The van der Waals surface area contributed by atoms with Gasteiger partial charge in [0.1, 0.15) is 10.6 Å². The molecule has 0 aromatic heterocycles. The van der Waals surface area contributed by atoms with Crippen molar-refractivity contribution in [3.05, 3.63) is 36.4 Å². The van der Waals surface area contributed by atoms with Crippen LogP contribution in [-0.2, 0) is 10.0 Å². The highest BCUT2D eigenvalue weighted by atomic mass is 32.2. The Bertz CT molecular complexity index is 624. The van der Waals surface area contributed by atoms with Gasteiger partial charge in [-0.25, -0.2) is 13.2 Å². The minimum absolute atomic E-state index is 0.0139. The molecule has 1 rings (SSSR count). The van der Waals surface area contributed by atoms with E-state index in [1.807, 2.05) is 6.92 Å². The van der Waals surface area contributed by atoms with E-state index >= 15 is 0 Å². The second kappa shape index (κ2) is 7.24. The fourth-order valence-corrected chi connectivity index (χ4v) is 3.50. The van der Waals surface area contributed by atoms with Crippen LogP contribution >= 0.6 is 0 Å². The van der Waals surface area contributed by atoms with E-state index in [4.69, 9.17) is 9.84 Å². The number of carbonyl (C=O) groups is 1. The Balaban J connectivity index is 3.35. The molecule has 1 aromatic carbocycles. The molecular formula is C14H19NO5S. The van der Waals surface area contributed by atoms with Gasteiger partial charge in [-0.15, -0.1) is 6.58 Å². The van der Waals surface area contributed by atoms with Crippen molar-refractivity contribution in [2.75, 3.05) is 20.2 Å². The minimum atomic E-state index is -3.77. The molecule has 116 valence electrons. The highest BCUT2D eigenvalue weighted by Gasteiger charge is 2.27. The zero-order chi connectivity index (χ0) is 16.0.